The van der Waals surface area contributed by atoms with Crippen LogP contribution in [-0.4, -0.2) is 31.6 Å². The Hall–Kier alpha value is -1.45. The van der Waals surface area contributed by atoms with Crippen LogP contribution in [0.2, 0.25) is 0 Å². The normalized spacial score (nSPS) is 12.5. The van der Waals surface area contributed by atoms with Crippen LogP contribution in [0.15, 0.2) is 35.2 Å². The average molecular weight is 364 g/mol. The van der Waals surface area contributed by atoms with Gasteiger partial charge in [-0.05, 0) is 19.1 Å². The van der Waals surface area contributed by atoms with E-state index in [1.165, 1.54) is 12.1 Å². The third kappa shape index (κ3) is 5.27. The highest BCUT2D eigenvalue weighted by Crippen LogP contribution is 2.06. The molecule has 1 aromatic rings. The fourth-order valence-electron chi connectivity index (χ4n) is 1.12. The summed E-state index contributed by atoms with van der Waals surface area (Å²) in [4.78, 5) is 22.1. The van der Waals surface area contributed by atoms with Crippen LogP contribution in [0, 0.1) is 0 Å². The number of sulfonamides is 1. The summed E-state index contributed by atoms with van der Waals surface area (Å²) in [6, 6.07) is 7.66. The van der Waals surface area contributed by atoms with E-state index in [0.29, 0.717) is 0 Å². The SMILES string of the molecule is CC(Br)C(=O)NNC(=O)CNS(=O)(=O)c1ccccc1. The van der Waals surface area contributed by atoms with Crippen molar-refractivity contribution in [1.82, 2.24) is 15.6 Å². The Morgan fingerprint density at radius 1 is 1.20 bits per heavy atom. The van der Waals surface area contributed by atoms with Gasteiger partial charge < -0.3 is 0 Å². The zero-order valence-electron chi connectivity index (χ0n) is 10.6. The molecule has 0 spiro atoms. The van der Waals surface area contributed by atoms with E-state index in [1.54, 1.807) is 25.1 Å². The predicted octanol–water partition coefficient (Wildman–Crippen LogP) is -0.104. The number of hydrogen-bond acceptors (Lipinski definition) is 4. The second-order valence-electron chi connectivity index (χ2n) is 3.79. The third-order valence-corrected chi connectivity index (χ3v) is 4.00. The third-order valence-electron chi connectivity index (χ3n) is 2.16. The number of hydrazine groups is 1. The van der Waals surface area contributed by atoms with Gasteiger partial charge in [0.25, 0.3) is 11.8 Å². The van der Waals surface area contributed by atoms with Crippen molar-refractivity contribution >= 4 is 37.8 Å². The van der Waals surface area contributed by atoms with Crippen molar-refractivity contribution in [2.45, 2.75) is 16.6 Å². The molecule has 1 rings (SSSR count). The van der Waals surface area contributed by atoms with E-state index in [1.807, 2.05) is 0 Å². The first-order chi connectivity index (χ1) is 9.33. The standard InChI is InChI=1S/C11H14BrN3O4S/c1-8(12)11(17)15-14-10(16)7-13-20(18,19)9-5-3-2-4-6-9/h2-6,8,13H,7H2,1H3,(H,14,16)(H,15,17). The summed E-state index contributed by atoms with van der Waals surface area (Å²) in [6.45, 7) is 1.10. The molecular formula is C11H14BrN3O4S. The van der Waals surface area contributed by atoms with Gasteiger partial charge in [-0.25, -0.2) is 13.1 Å². The van der Waals surface area contributed by atoms with Crippen molar-refractivity contribution in [2.24, 2.45) is 0 Å². The van der Waals surface area contributed by atoms with E-state index in [9.17, 15) is 18.0 Å². The Balaban J connectivity index is 2.47. The lowest BCUT2D eigenvalue weighted by atomic mass is 10.4. The summed E-state index contributed by atoms with van der Waals surface area (Å²) in [5, 5.41) is 0. The van der Waals surface area contributed by atoms with Crippen molar-refractivity contribution in [1.29, 1.82) is 0 Å². The molecule has 0 bridgehead atoms. The molecule has 110 valence electrons. The first kappa shape index (κ1) is 16.6. The van der Waals surface area contributed by atoms with Crippen molar-refractivity contribution < 1.29 is 18.0 Å². The van der Waals surface area contributed by atoms with Crippen molar-refractivity contribution in [3.8, 4) is 0 Å². The molecule has 0 aliphatic rings. The molecule has 0 aliphatic carbocycles. The highest BCUT2D eigenvalue weighted by atomic mass is 79.9. The van der Waals surface area contributed by atoms with Crippen LogP contribution in [0.5, 0.6) is 0 Å². The molecule has 1 unspecified atom stereocenters. The Kier molecular flexibility index (Phi) is 6.11. The largest absolute Gasteiger partial charge is 0.272 e. The zero-order chi connectivity index (χ0) is 15.2. The molecule has 0 fully saturated rings. The van der Waals surface area contributed by atoms with Gasteiger partial charge in [-0.1, -0.05) is 34.1 Å². The highest BCUT2D eigenvalue weighted by Gasteiger charge is 2.15. The van der Waals surface area contributed by atoms with E-state index in [0.717, 1.165) is 0 Å². The molecule has 0 saturated carbocycles. The number of nitrogens with one attached hydrogen (secondary N) is 3. The molecule has 3 N–H and O–H groups in total. The number of alkyl halides is 1. The molecule has 7 nitrogen and oxygen atoms in total. The van der Waals surface area contributed by atoms with Gasteiger partial charge in [0.15, 0.2) is 0 Å². The van der Waals surface area contributed by atoms with Crippen LogP contribution < -0.4 is 15.6 Å². The summed E-state index contributed by atoms with van der Waals surface area (Å²) < 4.78 is 25.7. The predicted molar refractivity (Wildman–Crippen MR) is 76.3 cm³/mol. The first-order valence-corrected chi connectivity index (χ1v) is 8.00. The van der Waals surface area contributed by atoms with Gasteiger partial charge >= 0.3 is 0 Å². The molecule has 0 aliphatic heterocycles. The number of hydrogen-bond donors (Lipinski definition) is 3. The Morgan fingerprint density at radius 3 is 2.35 bits per heavy atom. The lowest BCUT2D eigenvalue weighted by Crippen LogP contribution is -2.48. The summed E-state index contributed by atoms with van der Waals surface area (Å²) in [7, 11) is -3.74. The van der Waals surface area contributed by atoms with E-state index in [-0.39, 0.29) is 4.90 Å². The lowest BCUT2D eigenvalue weighted by Gasteiger charge is -2.09. The molecule has 1 aromatic carbocycles. The van der Waals surface area contributed by atoms with Gasteiger partial charge in [0.1, 0.15) is 0 Å². The minimum atomic E-state index is -3.74. The van der Waals surface area contributed by atoms with Gasteiger partial charge in [-0.3, -0.25) is 20.4 Å². The van der Waals surface area contributed by atoms with Gasteiger partial charge in [0.05, 0.1) is 16.3 Å². The Bertz CT molecular complexity index is 575. The number of amides is 2. The average Bonchev–Trinajstić information content (AvgIpc) is 2.43. The van der Waals surface area contributed by atoms with Gasteiger partial charge in [0, 0.05) is 0 Å². The number of halogens is 1. The maximum absolute atomic E-state index is 11.8. The summed E-state index contributed by atoms with van der Waals surface area (Å²) >= 11 is 3.02. The number of rotatable bonds is 5. The highest BCUT2D eigenvalue weighted by molar-refractivity contribution is 9.10. The van der Waals surface area contributed by atoms with Crippen LogP contribution in [0.4, 0.5) is 0 Å². The van der Waals surface area contributed by atoms with E-state index >= 15 is 0 Å². The maximum Gasteiger partial charge on any atom is 0.253 e. The zero-order valence-corrected chi connectivity index (χ0v) is 13.0. The van der Waals surface area contributed by atoms with Crippen LogP contribution in [0.25, 0.3) is 0 Å². The first-order valence-electron chi connectivity index (χ1n) is 5.60. The second kappa shape index (κ2) is 7.36. The fraction of sp³-hybridized carbons (Fsp3) is 0.273. The summed E-state index contributed by atoms with van der Waals surface area (Å²) in [6.07, 6.45) is 0. The van der Waals surface area contributed by atoms with Gasteiger partial charge in [-0.15, -0.1) is 0 Å². The smallest absolute Gasteiger partial charge is 0.253 e. The van der Waals surface area contributed by atoms with Crippen LogP contribution >= 0.6 is 15.9 Å². The number of benzene rings is 1. The monoisotopic (exact) mass is 363 g/mol. The van der Waals surface area contributed by atoms with E-state index < -0.39 is 33.2 Å². The van der Waals surface area contributed by atoms with Crippen molar-refractivity contribution in [2.75, 3.05) is 6.54 Å². The molecule has 1 atom stereocenters. The summed E-state index contributed by atoms with van der Waals surface area (Å²) in [5.41, 5.74) is 4.23. The van der Waals surface area contributed by atoms with Crippen LogP contribution in [0.3, 0.4) is 0 Å². The fourth-order valence-corrected chi connectivity index (χ4v) is 2.24. The topological polar surface area (TPSA) is 104 Å². The molecule has 20 heavy (non-hydrogen) atoms. The summed E-state index contributed by atoms with van der Waals surface area (Å²) in [5.74, 6) is -1.12. The van der Waals surface area contributed by atoms with Crippen molar-refractivity contribution in [3.05, 3.63) is 30.3 Å². The lowest BCUT2D eigenvalue weighted by molar-refractivity contribution is -0.127. The van der Waals surface area contributed by atoms with E-state index in [2.05, 4.69) is 31.5 Å². The van der Waals surface area contributed by atoms with Crippen LogP contribution in [-0.2, 0) is 19.6 Å². The molecule has 0 radical (unpaired) electrons. The quantitative estimate of drug-likeness (QED) is 0.501. The molecule has 0 aromatic heterocycles. The molecule has 0 heterocycles. The van der Waals surface area contributed by atoms with Gasteiger partial charge in [-0.2, -0.15) is 0 Å². The van der Waals surface area contributed by atoms with Crippen molar-refractivity contribution in [3.63, 3.8) is 0 Å². The molecule has 9 heteroatoms. The molecule has 2 amide bonds. The second-order valence-corrected chi connectivity index (χ2v) is 6.93. The number of carbonyl (C=O) groups excluding carboxylic acids is 2. The van der Waals surface area contributed by atoms with E-state index in [4.69, 9.17) is 0 Å². The Morgan fingerprint density at radius 2 is 1.80 bits per heavy atom. The number of carbonyl (C=O) groups is 2. The maximum atomic E-state index is 11.8. The minimum Gasteiger partial charge on any atom is -0.272 e. The van der Waals surface area contributed by atoms with Crippen LogP contribution in [0.1, 0.15) is 6.92 Å². The molecule has 0 saturated heterocycles. The molecular weight excluding hydrogens is 350 g/mol. The minimum absolute atomic E-state index is 0.0610. The van der Waals surface area contributed by atoms with Gasteiger partial charge in [0.2, 0.25) is 10.0 Å². The Labute approximate surface area is 125 Å².